The van der Waals surface area contributed by atoms with Crippen LogP contribution in [0.15, 0.2) is 29.4 Å². The van der Waals surface area contributed by atoms with Crippen LogP contribution in [0.4, 0.5) is 0 Å². The molecule has 0 atom stereocenters. The molecule has 0 spiro atoms. The molecule has 0 bridgehead atoms. The molecule has 0 saturated carbocycles. The third kappa shape index (κ3) is 3.25. The average Bonchev–Trinajstić information content (AvgIpc) is 2.80. The number of hydrogen-bond donors (Lipinski definition) is 0. The van der Waals surface area contributed by atoms with Crippen LogP contribution in [0.25, 0.3) is 11.3 Å². The normalized spacial score (nSPS) is 11.4. The van der Waals surface area contributed by atoms with Crippen LogP contribution in [0.5, 0.6) is 0 Å². The van der Waals surface area contributed by atoms with Crippen LogP contribution in [0.2, 0.25) is 5.02 Å². The molecule has 2 aromatic rings. The molecule has 0 radical (unpaired) electrons. The van der Waals surface area contributed by atoms with Crippen molar-refractivity contribution in [1.82, 2.24) is 9.78 Å². The van der Waals surface area contributed by atoms with Crippen LogP contribution < -0.4 is 0 Å². The van der Waals surface area contributed by atoms with Gasteiger partial charge in [-0.2, -0.15) is 5.10 Å². The average molecular weight is 434 g/mol. The van der Waals surface area contributed by atoms with Gasteiger partial charge in [0.25, 0.3) is 5.84 Å². The summed E-state index contributed by atoms with van der Waals surface area (Å²) in [5, 5.41) is 8.72. The van der Waals surface area contributed by atoms with Crippen LogP contribution in [0.3, 0.4) is 0 Å². The van der Waals surface area contributed by atoms with Gasteiger partial charge < -0.3 is 9.57 Å². The molecule has 8 heteroatoms. The Labute approximate surface area is 146 Å². The van der Waals surface area contributed by atoms with E-state index in [1.807, 2.05) is 19.1 Å². The molecule has 2 rings (SSSR count). The van der Waals surface area contributed by atoms with Gasteiger partial charge in [0.2, 0.25) is 0 Å². The fourth-order valence-electron chi connectivity index (χ4n) is 1.86. The van der Waals surface area contributed by atoms with Crippen molar-refractivity contribution in [3.05, 3.63) is 38.6 Å². The molecule has 0 saturated heterocycles. The number of benzene rings is 1. The number of rotatable bonds is 2. The molecule has 1 aromatic carbocycles. The number of hydrogen-bond acceptors (Lipinski definition) is 5. The lowest BCUT2D eigenvalue weighted by molar-refractivity contribution is -0.133. The number of aryl methyl sites for hydroxylation is 1. The zero-order chi connectivity index (χ0) is 16.3. The van der Waals surface area contributed by atoms with Crippen molar-refractivity contribution in [3.8, 4) is 11.3 Å². The van der Waals surface area contributed by atoms with Gasteiger partial charge in [0.1, 0.15) is 7.11 Å². The van der Waals surface area contributed by atoms with Gasteiger partial charge in [0, 0.05) is 10.6 Å². The van der Waals surface area contributed by atoms with Crippen molar-refractivity contribution in [2.45, 2.75) is 6.92 Å². The molecule has 0 amide bonds. The molecule has 1 heterocycles. The summed E-state index contributed by atoms with van der Waals surface area (Å²) in [7, 11) is 2.63. The van der Waals surface area contributed by atoms with Crippen molar-refractivity contribution >= 4 is 46.0 Å². The van der Waals surface area contributed by atoms with E-state index < -0.39 is 5.97 Å². The molecule has 0 N–H and O–H groups in total. The van der Waals surface area contributed by atoms with Crippen LogP contribution in [-0.4, -0.2) is 35.8 Å². The lowest BCUT2D eigenvalue weighted by Crippen LogP contribution is -2.26. The second-order valence-electron chi connectivity index (χ2n) is 4.26. The predicted octanol–water partition coefficient (Wildman–Crippen LogP) is 3.10. The highest BCUT2D eigenvalue weighted by atomic mass is 127. The Hall–Kier alpha value is -1.61. The largest absolute Gasteiger partial charge is 0.463 e. The molecule has 6 nitrogen and oxygen atoms in total. The van der Waals surface area contributed by atoms with Gasteiger partial charge in [0.05, 0.1) is 22.1 Å². The summed E-state index contributed by atoms with van der Waals surface area (Å²) in [5.41, 5.74) is 2.33. The number of methoxy groups -OCH3 is 1. The molecule has 0 unspecified atom stereocenters. The Morgan fingerprint density at radius 2 is 1.95 bits per heavy atom. The third-order valence-electron chi connectivity index (χ3n) is 2.85. The lowest BCUT2D eigenvalue weighted by atomic mass is 10.1. The highest BCUT2D eigenvalue weighted by Crippen LogP contribution is 2.29. The van der Waals surface area contributed by atoms with E-state index in [-0.39, 0.29) is 5.84 Å². The lowest BCUT2D eigenvalue weighted by Gasteiger charge is -2.09. The first-order valence-corrected chi connectivity index (χ1v) is 7.66. The molecule has 0 aliphatic rings. The van der Waals surface area contributed by atoms with Crippen LogP contribution in [-0.2, 0) is 14.4 Å². The summed E-state index contributed by atoms with van der Waals surface area (Å²) >= 11 is 8.10. The summed E-state index contributed by atoms with van der Waals surface area (Å²) in [6.45, 7) is 1.85. The molecule has 0 aliphatic carbocycles. The topological polar surface area (TPSA) is 65.7 Å². The second-order valence-corrected chi connectivity index (χ2v) is 5.77. The van der Waals surface area contributed by atoms with E-state index in [4.69, 9.17) is 21.2 Å². The third-order valence-corrected chi connectivity index (χ3v) is 4.39. The van der Waals surface area contributed by atoms with Gasteiger partial charge in [-0.05, 0) is 41.6 Å². The summed E-state index contributed by atoms with van der Waals surface area (Å²) in [6, 6.07) is 7.23. The van der Waals surface area contributed by atoms with Crippen LogP contribution in [0, 0.1) is 10.5 Å². The molecule has 0 aliphatic heterocycles. The van der Waals surface area contributed by atoms with Crippen LogP contribution >= 0.6 is 34.2 Å². The molecule has 1 aromatic heterocycles. The van der Waals surface area contributed by atoms with E-state index in [9.17, 15) is 4.79 Å². The minimum absolute atomic E-state index is 0.0547. The summed E-state index contributed by atoms with van der Waals surface area (Å²) in [5.74, 6) is -0.697. The van der Waals surface area contributed by atoms with Gasteiger partial charge in [-0.3, -0.25) is 0 Å². The number of nitrogens with zero attached hydrogens (tertiary/aromatic N) is 3. The van der Waals surface area contributed by atoms with E-state index in [2.05, 4.69) is 32.8 Å². The summed E-state index contributed by atoms with van der Waals surface area (Å²) in [6.07, 6.45) is 0. The van der Waals surface area contributed by atoms with E-state index in [1.54, 1.807) is 12.1 Å². The minimum atomic E-state index is -0.643. The standard InChI is InChI=1S/C14H13ClIN3O3/c1-8-11(16)12(9-4-6-10(15)7-5-9)19(17-8)13(18-22-3)14(20)21-2/h4-7H,1-3H3. The van der Waals surface area contributed by atoms with Crippen molar-refractivity contribution < 1.29 is 14.4 Å². The zero-order valence-electron chi connectivity index (χ0n) is 12.1. The van der Waals surface area contributed by atoms with E-state index in [0.717, 1.165) is 20.5 Å². The van der Waals surface area contributed by atoms with Crippen molar-refractivity contribution in [3.63, 3.8) is 0 Å². The van der Waals surface area contributed by atoms with Gasteiger partial charge in [-0.25, -0.2) is 9.48 Å². The Morgan fingerprint density at radius 3 is 2.50 bits per heavy atom. The monoisotopic (exact) mass is 433 g/mol. The summed E-state index contributed by atoms with van der Waals surface area (Å²) < 4.78 is 7.05. The number of halogens is 2. The Bertz CT molecular complexity index is 726. The van der Waals surface area contributed by atoms with Crippen molar-refractivity contribution in [2.24, 2.45) is 5.16 Å². The maximum atomic E-state index is 11.9. The Kier molecular flexibility index (Phi) is 5.41. The second kappa shape index (κ2) is 7.10. The highest BCUT2D eigenvalue weighted by Gasteiger charge is 2.24. The summed E-state index contributed by atoms with van der Waals surface area (Å²) in [4.78, 5) is 16.7. The molecular weight excluding hydrogens is 421 g/mol. The van der Waals surface area contributed by atoms with Crippen molar-refractivity contribution in [2.75, 3.05) is 14.2 Å². The molecule has 22 heavy (non-hydrogen) atoms. The SMILES string of the molecule is CON=C(C(=O)OC)n1nc(C)c(I)c1-c1ccc(Cl)cc1. The predicted molar refractivity (Wildman–Crippen MR) is 92.0 cm³/mol. The fraction of sp³-hybridized carbons (Fsp3) is 0.214. The maximum Gasteiger partial charge on any atom is 0.379 e. The van der Waals surface area contributed by atoms with E-state index in [0.29, 0.717) is 5.02 Å². The minimum Gasteiger partial charge on any atom is -0.463 e. The Balaban J connectivity index is 2.67. The number of carbonyl (C=O) groups is 1. The highest BCUT2D eigenvalue weighted by molar-refractivity contribution is 14.1. The Morgan fingerprint density at radius 1 is 1.32 bits per heavy atom. The first-order chi connectivity index (χ1) is 10.5. The van der Waals surface area contributed by atoms with Gasteiger partial charge in [0.15, 0.2) is 0 Å². The number of aromatic nitrogens is 2. The first-order valence-electron chi connectivity index (χ1n) is 6.20. The van der Waals surface area contributed by atoms with Gasteiger partial charge >= 0.3 is 5.97 Å². The van der Waals surface area contributed by atoms with Crippen LogP contribution in [0.1, 0.15) is 5.69 Å². The fourth-order valence-corrected chi connectivity index (χ4v) is 2.63. The number of esters is 1. The number of ether oxygens (including phenoxy) is 1. The van der Waals surface area contributed by atoms with Crippen molar-refractivity contribution in [1.29, 1.82) is 0 Å². The first kappa shape index (κ1) is 16.8. The molecule has 116 valence electrons. The quantitative estimate of drug-likeness (QED) is 0.240. The number of oxime groups is 1. The zero-order valence-corrected chi connectivity index (χ0v) is 15.0. The molecule has 0 fully saturated rings. The van der Waals surface area contributed by atoms with Gasteiger partial charge in [-0.1, -0.05) is 28.9 Å². The van der Waals surface area contributed by atoms with E-state index >= 15 is 0 Å². The molecular formula is C14H13ClIN3O3. The number of carbonyl (C=O) groups excluding carboxylic acids is 1. The van der Waals surface area contributed by atoms with Gasteiger partial charge in [-0.15, -0.1) is 0 Å². The van der Waals surface area contributed by atoms with E-state index in [1.165, 1.54) is 18.9 Å². The maximum absolute atomic E-state index is 11.9. The smallest absolute Gasteiger partial charge is 0.379 e.